The molecule has 1 fully saturated rings. The molecule has 2 aromatic rings. The van der Waals surface area contributed by atoms with Crippen molar-refractivity contribution in [2.24, 2.45) is 5.92 Å². The zero-order chi connectivity index (χ0) is 17.4. The van der Waals surface area contributed by atoms with Crippen LogP contribution in [0.15, 0.2) is 24.4 Å². The number of hydrogen-bond acceptors (Lipinski definition) is 4. The molecule has 1 heterocycles. The molecule has 1 aromatic heterocycles. The van der Waals surface area contributed by atoms with E-state index in [1.54, 1.807) is 19.1 Å². The molecular weight excluding hydrogens is 317 g/mol. The van der Waals surface area contributed by atoms with E-state index in [9.17, 15) is 9.18 Å². The Kier molecular flexibility index (Phi) is 4.24. The highest BCUT2D eigenvalue weighted by Crippen LogP contribution is 2.41. The summed E-state index contributed by atoms with van der Waals surface area (Å²) in [5, 5.41) is 3.15. The number of nitrogens with zero attached hydrogens (tertiary/aromatic N) is 2. The summed E-state index contributed by atoms with van der Waals surface area (Å²) < 4.78 is 13.4. The summed E-state index contributed by atoms with van der Waals surface area (Å²) in [6, 6.07) is 4.84. The van der Waals surface area contributed by atoms with Gasteiger partial charge in [0.25, 0.3) is 0 Å². The number of aryl methyl sites for hydroxylation is 2. The van der Waals surface area contributed by atoms with Crippen molar-refractivity contribution in [3.63, 3.8) is 0 Å². The number of carbonyl (C=O) groups is 1. The standard InChI is InChI=1S/C20H22FN3O/c1-12-10-15(7-8-16(12)21)23-20-22-11-14-6-9-17(25)18(19(14)24-20)13-4-2-3-5-13/h7-8,10-11,13,18H,2-6,9H2,1H3,(H,22,23,24). The Labute approximate surface area is 146 Å². The summed E-state index contributed by atoms with van der Waals surface area (Å²) in [5.41, 5.74) is 3.32. The molecule has 1 N–H and O–H groups in total. The van der Waals surface area contributed by atoms with Gasteiger partial charge in [-0.1, -0.05) is 12.8 Å². The molecule has 0 saturated heterocycles. The Morgan fingerprint density at radius 2 is 2.00 bits per heavy atom. The molecule has 4 nitrogen and oxygen atoms in total. The Morgan fingerprint density at radius 3 is 2.76 bits per heavy atom. The number of carbonyl (C=O) groups excluding carboxylic acids is 1. The van der Waals surface area contributed by atoms with Crippen LogP contribution in [0.2, 0.25) is 0 Å². The lowest BCUT2D eigenvalue weighted by Gasteiger charge is -2.28. The van der Waals surface area contributed by atoms with Crippen molar-refractivity contribution in [2.45, 2.75) is 51.4 Å². The first-order chi connectivity index (χ1) is 12.1. The summed E-state index contributed by atoms with van der Waals surface area (Å²) >= 11 is 0. The Morgan fingerprint density at radius 1 is 1.20 bits per heavy atom. The molecule has 4 rings (SSSR count). The van der Waals surface area contributed by atoms with Crippen LogP contribution in [0.1, 0.15) is 54.8 Å². The molecule has 2 aliphatic carbocycles. The van der Waals surface area contributed by atoms with Crippen molar-refractivity contribution in [2.75, 3.05) is 5.32 Å². The minimum atomic E-state index is -0.233. The van der Waals surface area contributed by atoms with E-state index >= 15 is 0 Å². The maximum Gasteiger partial charge on any atom is 0.227 e. The molecule has 0 bridgehead atoms. The molecular formula is C20H22FN3O. The van der Waals surface area contributed by atoms with Crippen molar-refractivity contribution in [3.8, 4) is 0 Å². The highest BCUT2D eigenvalue weighted by Gasteiger charge is 2.37. The van der Waals surface area contributed by atoms with E-state index in [4.69, 9.17) is 4.98 Å². The van der Waals surface area contributed by atoms with Crippen LogP contribution in [0.25, 0.3) is 0 Å². The molecule has 1 atom stereocenters. The van der Waals surface area contributed by atoms with Gasteiger partial charge in [0.05, 0.1) is 11.6 Å². The first-order valence-electron chi connectivity index (χ1n) is 9.03. The van der Waals surface area contributed by atoms with Gasteiger partial charge in [0.2, 0.25) is 5.95 Å². The number of ketones is 1. The van der Waals surface area contributed by atoms with E-state index in [-0.39, 0.29) is 11.7 Å². The second-order valence-electron chi connectivity index (χ2n) is 7.18. The lowest BCUT2D eigenvalue weighted by Crippen LogP contribution is -2.27. The Hall–Kier alpha value is -2.30. The topological polar surface area (TPSA) is 54.9 Å². The number of anilines is 2. The number of nitrogens with one attached hydrogen (secondary N) is 1. The lowest BCUT2D eigenvalue weighted by molar-refractivity contribution is -0.122. The quantitative estimate of drug-likeness (QED) is 0.897. The largest absolute Gasteiger partial charge is 0.324 e. The number of hydrogen-bond donors (Lipinski definition) is 1. The third-order valence-electron chi connectivity index (χ3n) is 5.47. The van der Waals surface area contributed by atoms with Crippen LogP contribution < -0.4 is 5.32 Å². The normalized spacial score (nSPS) is 20.6. The van der Waals surface area contributed by atoms with Crippen molar-refractivity contribution in [1.82, 2.24) is 9.97 Å². The van der Waals surface area contributed by atoms with Crippen LogP contribution in [0.5, 0.6) is 0 Å². The van der Waals surface area contributed by atoms with Gasteiger partial charge in [-0.25, -0.2) is 14.4 Å². The second-order valence-corrected chi connectivity index (χ2v) is 7.18. The number of aromatic nitrogens is 2. The predicted molar refractivity (Wildman–Crippen MR) is 94.5 cm³/mol. The fourth-order valence-corrected chi connectivity index (χ4v) is 4.14. The summed E-state index contributed by atoms with van der Waals surface area (Å²) in [6.45, 7) is 1.73. The fourth-order valence-electron chi connectivity index (χ4n) is 4.14. The molecule has 1 saturated carbocycles. The number of benzene rings is 1. The van der Waals surface area contributed by atoms with Crippen LogP contribution in [0, 0.1) is 18.7 Å². The van der Waals surface area contributed by atoms with Crippen LogP contribution in [0.3, 0.4) is 0 Å². The van der Waals surface area contributed by atoms with Gasteiger partial charge in [-0.15, -0.1) is 0 Å². The maximum absolute atomic E-state index is 13.4. The van der Waals surface area contributed by atoms with Gasteiger partial charge < -0.3 is 5.32 Å². The van der Waals surface area contributed by atoms with Crippen LogP contribution in [-0.2, 0) is 11.2 Å². The van der Waals surface area contributed by atoms with Crippen LogP contribution in [0.4, 0.5) is 16.0 Å². The maximum atomic E-state index is 13.4. The molecule has 1 aromatic carbocycles. The monoisotopic (exact) mass is 339 g/mol. The van der Waals surface area contributed by atoms with Crippen LogP contribution >= 0.6 is 0 Å². The molecule has 25 heavy (non-hydrogen) atoms. The van der Waals surface area contributed by atoms with E-state index in [2.05, 4.69) is 10.3 Å². The van der Waals surface area contributed by atoms with Gasteiger partial charge in [-0.2, -0.15) is 0 Å². The van der Waals surface area contributed by atoms with Gasteiger partial charge in [0.1, 0.15) is 11.6 Å². The molecule has 130 valence electrons. The molecule has 2 aliphatic rings. The van der Waals surface area contributed by atoms with E-state index < -0.39 is 0 Å². The highest BCUT2D eigenvalue weighted by atomic mass is 19.1. The molecule has 0 radical (unpaired) electrons. The zero-order valence-electron chi connectivity index (χ0n) is 14.4. The average molecular weight is 339 g/mol. The van der Waals surface area contributed by atoms with Crippen molar-refractivity contribution in [3.05, 3.63) is 47.0 Å². The van der Waals surface area contributed by atoms with Gasteiger partial charge in [0.15, 0.2) is 0 Å². The van der Waals surface area contributed by atoms with E-state index in [1.807, 2.05) is 6.20 Å². The summed E-state index contributed by atoms with van der Waals surface area (Å²) in [4.78, 5) is 21.7. The van der Waals surface area contributed by atoms with E-state index in [0.29, 0.717) is 29.6 Å². The fraction of sp³-hybridized carbons (Fsp3) is 0.450. The summed E-state index contributed by atoms with van der Waals surface area (Å²) in [6.07, 6.45) is 7.80. The Balaban J connectivity index is 1.65. The van der Waals surface area contributed by atoms with Crippen molar-refractivity contribution < 1.29 is 9.18 Å². The molecule has 0 spiro atoms. The number of fused-ring (bicyclic) bond motifs is 1. The zero-order valence-corrected chi connectivity index (χ0v) is 14.4. The summed E-state index contributed by atoms with van der Waals surface area (Å²) in [5.74, 6) is 0.903. The minimum Gasteiger partial charge on any atom is -0.324 e. The second kappa shape index (κ2) is 6.54. The minimum absolute atomic E-state index is 0.0789. The average Bonchev–Trinajstić information content (AvgIpc) is 3.12. The summed E-state index contributed by atoms with van der Waals surface area (Å²) in [7, 11) is 0. The first-order valence-corrected chi connectivity index (χ1v) is 9.03. The van der Waals surface area contributed by atoms with E-state index in [0.717, 1.165) is 36.2 Å². The molecule has 0 aliphatic heterocycles. The van der Waals surface area contributed by atoms with Gasteiger partial charge in [-0.05, 0) is 61.4 Å². The third kappa shape index (κ3) is 3.15. The number of rotatable bonds is 3. The predicted octanol–water partition coefficient (Wildman–Crippen LogP) is 4.46. The molecule has 5 heteroatoms. The Bertz CT molecular complexity index is 815. The molecule has 1 unspecified atom stereocenters. The molecule has 0 amide bonds. The smallest absolute Gasteiger partial charge is 0.227 e. The van der Waals surface area contributed by atoms with Gasteiger partial charge in [-0.3, -0.25) is 4.79 Å². The van der Waals surface area contributed by atoms with Crippen molar-refractivity contribution in [1.29, 1.82) is 0 Å². The number of halogens is 1. The lowest BCUT2D eigenvalue weighted by atomic mass is 9.77. The SMILES string of the molecule is Cc1cc(Nc2ncc3c(n2)C(C2CCCC2)C(=O)CC3)ccc1F. The third-order valence-corrected chi connectivity index (χ3v) is 5.47. The van der Waals surface area contributed by atoms with Gasteiger partial charge in [0, 0.05) is 18.3 Å². The van der Waals surface area contributed by atoms with E-state index in [1.165, 1.54) is 18.9 Å². The number of Topliss-reactive ketones (excluding diaryl/α,β-unsaturated/α-hetero) is 1. The highest BCUT2D eigenvalue weighted by molar-refractivity contribution is 5.88. The van der Waals surface area contributed by atoms with Gasteiger partial charge >= 0.3 is 0 Å². The van der Waals surface area contributed by atoms with Crippen LogP contribution in [-0.4, -0.2) is 15.8 Å². The van der Waals surface area contributed by atoms with Crippen molar-refractivity contribution >= 4 is 17.4 Å². The first kappa shape index (κ1) is 16.2.